The highest BCUT2D eigenvalue weighted by molar-refractivity contribution is 6.20. The maximum absolute atomic E-state index is 12.8. The molecule has 0 aliphatic heterocycles. The number of carbonyl (C=O) groups is 2. The maximum Gasteiger partial charge on any atom is 0.519 e. The predicted octanol–water partition coefficient (Wildman–Crippen LogP) is 11.1. The molecule has 42 heavy (non-hydrogen) atoms. The van der Waals surface area contributed by atoms with E-state index in [2.05, 4.69) is 26.0 Å². The molecule has 5 rings (SSSR count). The SMILES string of the molecule is CCCCCCCCCc1ccc(OC(=O)Oc2ccc(-c3ccc4cc3C4=O)cc2)c(CCCCCCCCC)c1. The van der Waals surface area contributed by atoms with E-state index in [0.717, 1.165) is 47.1 Å². The van der Waals surface area contributed by atoms with Crippen LogP contribution in [-0.2, 0) is 12.8 Å². The Morgan fingerprint density at radius 1 is 0.571 bits per heavy atom. The fraction of sp³-hybridized carbons (Fsp3) is 0.474. The largest absolute Gasteiger partial charge is 0.519 e. The lowest BCUT2D eigenvalue weighted by molar-refractivity contribution is 0.102. The van der Waals surface area contributed by atoms with Crippen molar-refractivity contribution in [3.05, 3.63) is 82.9 Å². The Balaban J connectivity index is 1.32. The summed E-state index contributed by atoms with van der Waals surface area (Å²) in [7, 11) is 0. The van der Waals surface area contributed by atoms with Crippen molar-refractivity contribution in [2.75, 3.05) is 0 Å². The van der Waals surface area contributed by atoms with E-state index in [9.17, 15) is 9.59 Å². The number of benzene rings is 3. The van der Waals surface area contributed by atoms with Gasteiger partial charge in [-0.2, -0.15) is 0 Å². The fourth-order valence-electron chi connectivity index (χ4n) is 5.75. The topological polar surface area (TPSA) is 52.6 Å². The molecule has 3 aromatic rings. The van der Waals surface area contributed by atoms with Crippen molar-refractivity contribution in [3.63, 3.8) is 0 Å². The van der Waals surface area contributed by atoms with Gasteiger partial charge in [-0.05, 0) is 72.2 Å². The molecule has 0 spiro atoms. The summed E-state index contributed by atoms with van der Waals surface area (Å²) in [5, 5.41) is 0. The van der Waals surface area contributed by atoms with Crippen molar-refractivity contribution >= 4 is 11.9 Å². The average Bonchev–Trinajstić information content (AvgIpc) is 3.01. The first kappa shape index (κ1) is 31.5. The van der Waals surface area contributed by atoms with Crippen LogP contribution in [0.2, 0.25) is 0 Å². The number of hydrogen-bond donors (Lipinski definition) is 0. The molecule has 0 N–H and O–H groups in total. The van der Waals surface area contributed by atoms with Crippen LogP contribution >= 0.6 is 0 Å². The van der Waals surface area contributed by atoms with Gasteiger partial charge in [0.05, 0.1) is 0 Å². The predicted molar refractivity (Wildman–Crippen MR) is 172 cm³/mol. The third kappa shape index (κ3) is 9.31. The number of ether oxygens (including phenoxy) is 2. The molecule has 0 aromatic heterocycles. The Bertz CT molecular complexity index is 1290. The summed E-state index contributed by atoms with van der Waals surface area (Å²) in [6.07, 6.45) is 19.0. The first-order valence-electron chi connectivity index (χ1n) is 16.4. The minimum Gasteiger partial charge on any atom is -0.395 e. The third-order valence-corrected chi connectivity index (χ3v) is 8.33. The van der Waals surface area contributed by atoms with Crippen LogP contribution < -0.4 is 9.47 Å². The molecular formula is C38H48O4. The zero-order chi connectivity index (χ0) is 29.6. The summed E-state index contributed by atoms with van der Waals surface area (Å²) in [6, 6.07) is 19.2. The Hall–Kier alpha value is -3.40. The van der Waals surface area contributed by atoms with Crippen molar-refractivity contribution < 1.29 is 19.1 Å². The molecule has 2 bridgehead atoms. The minimum absolute atomic E-state index is 0.0946. The number of carbonyl (C=O) groups excluding carboxylic acids is 2. The quantitative estimate of drug-likeness (QED) is 0.0641. The van der Waals surface area contributed by atoms with Crippen molar-refractivity contribution in [1.82, 2.24) is 0 Å². The van der Waals surface area contributed by atoms with Crippen LogP contribution in [-0.4, -0.2) is 11.9 Å². The zero-order valence-electron chi connectivity index (χ0n) is 25.7. The van der Waals surface area contributed by atoms with E-state index in [1.165, 1.54) is 89.0 Å². The van der Waals surface area contributed by atoms with Gasteiger partial charge in [0.1, 0.15) is 11.5 Å². The number of fused-ring (bicyclic) bond motifs is 2. The summed E-state index contributed by atoms with van der Waals surface area (Å²) < 4.78 is 11.3. The van der Waals surface area contributed by atoms with E-state index < -0.39 is 6.16 Å². The highest BCUT2D eigenvalue weighted by Crippen LogP contribution is 2.34. The summed E-state index contributed by atoms with van der Waals surface area (Å²) in [4.78, 5) is 24.8. The van der Waals surface area contributed by atoms with E-state index in [1.807, 2.05) is 36.4 Å². The second-order valence-corrected chi connectivity index (χ2v) is 11.8. The highest BCUT2D eigenvalue weighted by atomic mass is 16.7. The van der Waals surface area contributed by atoms with Gasteiger partial charge >= 0.3 is 6.16 Å². The Morgan fingerprint density at radius 3 is 1.79 bits per heavy atom. The van der Waals surface area contributed by atoms with Gasteiger partial charge in [-0.15, -0.1) is 0 Å². The molecule has 4 heteroatoms. The molecule has 224 valence electrons. The van der Waals surface area contributed by atoms with Crippen LogP contribution in [0.1, 0.15) is 131 Å². The molecule has 0 heterocycles. The fourth-order valence-corrected chi connectivity index (χ4v) is 5.75. The van der Waals surface area contributed by atoms with Gasteiger partial charge in [0.25, 0.3) is 0 Å². The van der Waals surface area contributed by atoms with Gasteiger partial charge < -0.3 is 9.47 Å². The van der Waals surface area contributed by atoms with Crippen molar-refractivity contribution in [2.45, 2.75) is 117 Å². The molecule has 3 aromatic carbocycles. The van der Waals surface area contributed by atoms with Crippen molar-refractivity contribution in [1.29, 1.82) is 0 Å². The van der Waals surface area contributed by atoms with E-state index >= 15 is 0 Å². The maximum atomic E-state index is 12.8. The first-order valence-corrected chi connectivity index (χ1v) is 16.4. The summed E-state index contributed by atoms with van der Waals surface area (Å²) >= 11 is 0. The van der Waals surface area contributed by atoms with Gasteiger partial charge in [0.2, 0.25) is 0 Å². The molecule has 2 aliphatic rings. The second kappa shape index (κ2) is 16.9. The molecule has 0 amide bonds. The third-order valence-electron chi connectivity index (χ3n) is 8.33. The normalized spacial score (nSPS) is 11.8. The Kier molecular flexibility index (Phi) is 12.7. The van der Waals surface area contributed by atoms with Gasteiger partial charge in [0, 0.05) is 11.1 Å². The number of rotatable bonds is 19. The molecule has 0 radical (unpaired) electrons. The van der Waals surface area contributed by atoms with Crippen LogP contribution in [0.4, 0.5) is 4.79 Å². The summed E-state index contributed by atoms with van der Waals surface area (Å²) in [5.41, 5.74) is 5.72. The van der Waals surface area contributed by atoms with Crippen molar-refractivity contribution in [2.24, 2.45) is 0 Å². The number of aryl methyl sites for hydroxylation is 2. The van der Waals surface area contributed by atoms with Crippen LogP contribution in [0.3, 0.4) is 0 Å². The molecule has 0 unspecified atom stereocenters. The molecule has 4 nitrogen and oxygen atoms in total. The Morgan fingerprint density at radius 2 is 1.17 bits per heavy atom. The smallest absolute Gasteiger partial charge is 0.395 e. The van der Waals surface area contributed by atoms with Gasteiger partial charge in [-0.1, -0.05) is 127 Å². The zero-order valence-corrected chi connectivity index (χ0v) is 25.7. The van der Waals surface area contributed by atoms with Crippen LogP contribution in [0, 0.1) is 0 Å². The minimum atomic E-state index is -0.732. The van der Waals surface area contributed by atoms with Gasteiger partial charge in [-0.3, -0.25) is 4.79 Å². The monoisotopic (exact) mass is 568 g/mol. The molecule has 0 saturated carbocycles. The van der Waals surface area contributed by atoms with Crippen molar-refractivity contribution in [3.8, 4) is 22.6 Å². The molecular weight excluding hydrogens is 520 g/mol. The summed E-state index contributed by atoms with van der Waals surface area (Å²) in [5.74, 6) is 1.10. The second-order valence-electron chi connectivity index (χ2n) is 11.8. The van der Waals surface area contributed by atoms with Crippen LogP contribution in [0.15, 0.2) is 60.7 Å². The van der Waals surface area contributed by atoms with Crippen LogP contribution in [0.25, 0.3) is 11.1 Å². The average molecular weight is 569 g/mol. The number of ketones is 1. The first-order chi connectivity index (χ1) is 20.6. The number of unbranched alkanes of at least 4 members (excludes halogenated alkanes) is 12. The van der Waals surface area contributed by atoms with E-state index in [4.69, 9.17) is 9.47 Å². The highest BCUT2D eigenvalue weighted by Gasteiger charge is 2.24. The van der Waals surface area contributed by atoms with Gasteiger partial charge in [0.15, 0.2) is 5.78 Å². The van der Waals surface area contributed by atoms with Gasteiger partial charge in [-0.25, -0.2) is 4.79 Å². The number of hydrogen-bond acceptors (Lipinski definition) is 4. The lowest BCUT2D eigenvalue weighted by Crippen LogP contribution is -2.15. The molecule has 0 saturated heterocycles. The summed E-state index contributed by atoms with van der Waals surface area (Å²) in [6.45, 7) is 4.51. The van der Waals surface area contributed by atoms with E-state index in [0.29, 0.717) is 11.5 Å². The van der Waals surface area contributed by atoms with Crippen LogP contribution in [0.5, 0.6) is 11.5 Å². The lowest BCUT2D eigenvalue weighted by atomic mass is 9.84. The van der Waals surface area contributed by atoms with E-state index in [1.54, 1.807) is 12.1 Å². The van der Waals surface area contributed by atoms with E-state index in [-0.39, 0.29) is 5.78 Å². The molecule has 0 atom stereocenters. The molecule has 2 aliphatic carbocycles. The Labute approximate surface area is 252 Å². The standard InChI is InChI=1S/C38H48O4/c1-3-5-7-9-11-13-15-17-29-19-26-36(31(27-29)18-16-14-12-10-8-6-4-2)42-38(40)41-33-23-20-30(21-24-33)34-25-22-32-28-35(34)37(32)39/h19-28H,3-18H2,1-2H3. The molecule has 0 fully saturated rings. The lowest BCUT2D eigenvalue weighted by Gasteiger charge is -2.18.